The molecule has 2 aromatic rings. The second kappa shape index (κ2) is 3.08. The van der Waals surface area contributed by atoms with Crippen LogP contribution in [0.25, 0.3) is 33.2 Å². The van der Waals surface area contributed by atoms with Crippen molar-refractivity contribution in [2.75, 3.05) is 0 Å². The molecular formula is C15H9NO. The van der Waals surface area contributed by atoms with E-state index in [1.165, 1.54) is 0 Å². The lowest BCUT2D eigenvalue weighted by molar-refractivity contribution is 0.742. The third-order valence-corrected chi connectivity index (χ3v) is 3.07. The molecule has 0 aliphatic carbocycles. The van der Waals surface area contributed by atoms with E-state index in [1.807, 2.05) is 42.6 Å². The van der Waals surface area contributed by atoms with Gasteiger partial charge in [-0.2, -0.15) is 0 Å². The largest absolute Gasteiger partial charge is 0.448 e. The Labute approximate surface area is 97.8 Å². The molecule has 2 aliphatic heterocycles. The summed E-state index contributed by atoms with van der Waals surface area (Å²) in [4.78, 5) is 4.53. The van der Waals surface area contributed by atoms with Crippen LogP contribution in [-0.4, -0.2) is 4.98 Å². The van der Waals surface area contributed by atoms with Crippen LogP contribution in [0.15, 0.2) is 59.1 Å². The van der Waals surface area contributed by atoms with E-state index in [0.717, 1.165) is 33.2 Å². The van der Waals surface area contributed by atoms with Crippen molar-refractivity contribution in [3.05, 3.63) is 54.7 Å². The normalized spacial score (nSPS) is 11.5. The van der Waals surface area contributed by atoms with Crippen LogP contribution >= 0.6 is 0 Å². The topological polar surface area (TPSA) is 26.0 Å². The Morgan fingerprint density at radius 3 is 2.41 bits per heavy atom. The first-order valence-electron chi connectivity index (χ1n) is 5.58. The van der Waals surface area contributed by atoms with Crippen molar-refractivity contribution in [1.82, 2.24) is 4.98 Å². The Morgan fingerprint density at radius 2 is 1.47 bits per heavy atom. The van der Waals surface area contributed by atoms with Crippen molar-refractivity contribution in [2.45, 2.75) is 0 Å². The predicted octanol–water partition coefficient (Wildman–Crippen LogP) is 4.09. The average Bonchev–Trinajstić information content (AvgIpc) is 3.15. The van der Waals surface area contributed by atoms with Gasteiger partial charge >= 0.3 is 0 Å². The van der Waals surface area contributed by atoms with Crippen LogP contribution < -0.4 is 0 Å². The van der Waals surface area contributed by atoms with Crippen LogP contribution in [0.3, 0.4) is 0 Å². The van der Waals surface area contributed by atoms with Gasteiger partial charge in [0.2, 0.25) is 0 Å². The van der Waals surface area contributed by atoms with Crippen molar-refractivity contribution >= 4 is 21.7 Å². The smallest absolute Gasteiger partial charge is 0.180 e. The maximum Gasteiger partial charge on any atom is 0.180 e. The number of aromatic nitrogens is 1. The molecule has 0 saturated carbocycles. The van der Waals surface area contributed by atoms with E-state index in [9.17, 15) is 0 Å². The second-order valence-electron chi connectivity index (χ2n) is 4.12. The Balaban J connectivity index is 2.24. The molecule has 0 amide bonds. The summed E-state index contributed by atoms with van der Waals surface area (Å²) in [7, 11) is 0. The Hall–Kier alpha value is -2.35. The molecule has 0 unspecified atom stereocenters. The number of hydrogen-bond donors (Lipinski definition) is 0. The molecule has 0 radical (unpaired) electrons. The van der Waals surface area contributed by atoms with E-state index < -0.39 is 0 Å². The highest BCUT2D eigenvalue weighted by atomic mass is 16.4. The van der Waals surface area contributed by atoms with Gasteiger partial charge in [0.05, 0.1) is 5.52 Å². The molecule has 2 heteroatoms. The molecule has 0 fully saturated rings. The zero-order chi connectivity index (χ0) is 11.2. The Kier molecular flexibility index (Phi) is 1.59. The minimum atomic E-state index is 0.963. The molecule has 2 aromatic carbocycles. The molecule has 2 aliphatic rings. The SMILES string of the molecule is c1ccc2c3oc-3c3ccccc3ncc2c1. The number of nitrogens with zero attached hydrogens (tertiary/aromatic N) is 1. The summed E-state index contributed by atoms with van der Waals surface area (Å²) in [5.41, 5.74) is 0.965. The van der Waals surface area contributed by atoms with Crippen LogP contribution in [0.4, 0.5) is 0 Å². The maximum atomic E-state index is 5.64. The number of benzene rings is 2. The van der Waals surface area contributed by atoms with Crippen LogP contribution in [-0.2, 0) is 0 Å². The molecule has 2 heterocycles. The number of rotatable bonds is 0. The summed E-state index contributed by atoms with van der Waals surface area (Å²) in [6.07, 6.45) is 1.90. The highest BCUT2D eigenvalue weighted by Crippen LogP contribution is 2.41. The molecule has 0 atom stereocenters. The maximum absolute atomic E-state index is 5.64. The first-order valence-corrected chi connectivity index (χ1v) is 5.58. The summed E-state index contributed by atoms with van der Waals surface area (Å²) in [5.74, 6) is 1.95. The molecule has 17 heavy (non-hydrogen) atoms. The molecule has 80 valence electrons. The van der Waals surface area contributed by atoms with Crippen LogP contribution in [0.1, 0.15) is 0 Å². The molecular weight excluding hydrogens is 210 g/mol. The minimum Gasteiger partial charge on any atom is -0.448 e. The van der Waals surface area contributed by atoms with E-state index in [0.29, 0.717) is 0 Å². The Morgan fingerprint density at radius 1 is 0.765 bits per heavy atom. The van der Waals surface area contributed by atoms with Gasteiger partial charge in [0, 0.05) is 22.4 Å². The quantitative estimate of drug-likeness (QED) is 0.445. The zero-order valence-electron chi connectivity index (χ0n) is 9.05. The fourth-order valence-electron chi connectivity index (χ4n) is 2.16. The molecule has 2 nitrogen and oxygen atoms in total. The fraction of sp³-hybridized carbons (Fsp3) is 0. The van der Waals surface area contributed by atoms with Gasteiger partial charge in [0.25, 0.3) is 0 Å². The van der Waals surface area contributed by atoms with Crippen molar-refractivity contribution in [3.63, 3.8) is 0 Å². The lowest BCUT2D eigenvalue weighted by Gasteiger charge is -1.94. The zero-order valence-corrected chi connectivity index (χ0v) is 9.05. The van der Waals surface area contributed by atoms with Gasteiger partial charge in [-0.15, -0.1) is 0 Å². The third kappa shape index (κ3) is 1.24. The summed E-state index contributed by atoms with van der Waals surface area (Å²) < 4.78 is 5.64. The second-order valence-corrected chi connectivity index (χ2v) is 4.12. The van der Waals surface area contributed by atoms with Gasteiger partial charge < -0.3 is 4.42 Å². The van der Waals surface area contributed by atoms with Crippen molar-refractivity contribution in [1.29, 1.82) is 0 Å². The van der Waals surface area contributed by atoms with E-state index in [1.54, 1.807) is 0 Å². The molecule has 0 saturated heterocycles. The van der Waals surface area contributed by atoms with Gasteiger partial charge in [0.1, 0.15) is 0 Å². The van der Waals surface area contributed by atoms with Gasteiger partial charge in [0.15, 0.2) is 11.5 Å². The molecule has 0 bridgehead atoms. The van der Waals surface area contributed by atoms with E-state index >= 15 is 0 Å². The molecule has 0 aromatic heterocycles. The summed E-state index contributed by atoms with van der Waals surface area (Å²) in [5, 5.41) is 3.31. The summed E-state index contributed by atoms with van der Waals surface area (Å²) >= 11 is 0. The fourth-order valence-corrected chi connectivity index (χ4v) is 2.16. The minimum absolute atomic E-state index is 0.963. The van der Waals surface area contributed by atoms with Gasteiger partial charge in [-0.3, -0.25) is 4.98 Å². The Bertz CT molecular complexity index is 734. The lowest BCUT2D eigenvalue weighted by Crippen LogP contribution is -1.76. The molecule has 0 spiro atoms. The summed E-state index contributed by atoms with van der Waals surface area (Å²) in [6.45, 7) is 0. The standard InChI is InChI=1S/C15H9NO/c1-2-6-11-10(5-1)9-16-13-8-4-3-7-12(13)15-14(11)17-15/h1-9H. The number of hydrogen-bond acceptors (Lipinski definition) is 2. The van der Waals surface area contributed by atoms with Gasteiger partial charge in [-0.05, 0) is 12.1 Å². The first kappa shape index (κ1) is 8.76. The molecule has 4 rings (SSSR count). The average molecular weight is 219 g/mol. The molecule has 0 N–H and O–H groups in total. The summed E-state index contributed by atoms with van der Waals surface area (Å²) in [6, 6.07) is 16.2. The van der Waals surface area contributed by atoms with Crippen LogP contribution in [0.5, 0.6) is 0 Å². The first-order chi connectivity index (χ1) is 8.43. The van der Waals surface area contributed by atoms with E-state index in [4.69, 9.17) is 4.42 Å². The van der Waals surface area contributed by atoms with Crippen molar-refractivity contribution < 1.29 is 4.42 Å². The monoisotopic (exact) mass is 219 g/mol. The van der Waals surface area contributed by atoms with Crippen molar-refractivity contribution in [3.8, 4) is 11.5 Å². The highest BCUT2D eigenvalue weighted by Gasteiger charge is 2.21. The number of para-hydroxylation sites is 1. The number of fused-ring (bicyclic) bond motifs is 5. The predicted molar refractivity (Wildman–Crippen MR) is 68.1 cm³/mol. The highest BCUT2D eigenvalue weighted by molar-refractivity contribution is 6.03. The lowest BCUT2D eigenvalue weighted by atomic mass is 10.1. The third-order valence-electron chi connectivity index (χ3n) is 3.07. The van der Waals surface area contributed by atoms with Crippen LogP contribution in [0, 0.1) is 0 Å². The van der Waals surface area contributed by atoms with Crippen LogP contribution in [0.2, 0.25) is 0 Å². The van der Waals surface area contributed by atoms with E-state index in [2.05, 4.69) is 17.1 Å². The van der Waals surface area contributed by atoms with Crippen molar-refractivity contribution in [2.24, 2.45) is 0 Å². The van der Waals surface area contributed by atoms with E-state index in [-0.39, 0.29) is 0 Å². The van der Waals surface area contributed by atoms with Gasteiger partial charge in [-0.1, -0.05) is 36.4 Å². The van der Waals surface area contributed by atoms with Gasteiger partial charge in [-0.25, -0.2) is 0 Å².